The third-order valence-corrected chi connectivity index (χ3v) is 11.7. The summed E-state index contributed by atoms with van der Waals surface area (Å²) in [5.41, 5.74) is 19.8. The van der Waals surface area contributed by atoms with Crippen LogP contribution in [0.2, 0.25) is 0 Å². The van der Waals surface area contributed by atoms with Gasteiger partial charge in [-0.25, -0.2) is 0 Å². The summed E-state index contributed by atoms with van der Waals surface area (Å²) in [6.07, 6.45) is 2.28. The van der Waals surface area contributed by atoms with Gasteiger partial charge >= 0.3 is 249 Å². The number of carboxylic acid groups (broad SMARTS) is 1. The van der Waals surface area contributed by atoms with Crippen LogP contribution < -0.4 is 25.4 Å². The summed E-state index contributed by atoms with van der Waals surface area (Å²) in [6, 6.07) is 21.4. The standard InChI is InChI=1S/C32H23N6O8S2.C2H4O2.Hg/c33-23-5-1-3-19-15-25(47(41,42)43)29(31(39)27(19)23)37-35-21-11-7-17(8-12-21)18-9-13-22(14-10-18)36-38-30-26(48(44,45)46)16-20-4-2-6-24(34)28(20)32(30)40;1-2(3)4;/h1-13,15-16,35-36H,33-34H2,(H,41,42,43)(H,44,45,46);1H3,(H,3,4);. The van der Waals surface area contributed by atoms with E-state index in [9.17, 15) is 35.5 Å². The maximum absolute atomic E-state index is 13.2. The van der Waals surface area contributed by atoms with E-state index in [4.69, 9.17) is 21.4 Å². The second kappa shape index (κ2) is 15.2. The van der Waals surface area contributed by atoms with Gasteiger partial charge in [0.05, 0.1) is 0 Å². The fraction of sp³-hybridized carbons (Fsp3) is 0.0294. The summed E-state index contributed by atoms with van der Waals surface area (Å²) < 4.78 is 68.9. The van der Waals surface area contributed by atoms with Crippen molar-refractivity contribution >= 4 is 87.2 Å². The zero-order chi connectivity index (χ0) is 38.8. The van der Waals surface area contributed by atoms with Crippen molar-refractivity contribution in [3.63, 3.8) is 0 Å². The number of nitrogens with two attached hydrogens (primary N) is 2. The second-order valence-corrected chi connectivity index (χ2v) is 17.1. The fourth-order valence-corrected chi connectivity index (χ4v) is 8.22. The van der Waals surface area contributed by atoms with Crippen LogP contribution in [0.15, 0.2) is 98.9 Å². The van der Waals surface area contributed by atoms with E-state index in [1.54, 1.807) is 48.5 Å². The van der Waals surface area contributed by atoms with Gasteiger partial charge in [0.15, 0.2) is 0 Å². The van der Waals surface area contributed by atoms with Gasteiger partial charge in [-0.1, -0.05) is 12.1 Å². The van der Waals surface area contributed by atoms with Gasteiger partial charge in [-0.3, -0.25) is 9.35 Å². The van der Waals surface area contributed by atoms with Crippen LogP contribution in [-0.4, -0.2) is 60.0 Å². The molecule has 0 bridgehead atoms. The van der Waals surface area contributed by atoms with E-state index >= 15 is 0 Å². The Hall–Kier alpha value is -5.53. The number of allylic oxidation sites excluding steroid dienone is 2. The van der Waals surface area contributed by atoms with E-state index in [0.29, 0.717) is 11.4 Å². The number of fused-ring (bicyclic) bond motifs is 2. The average Bonchev–Trinajstić information content (AvgIpc) is 3.07. The number of hydrazone groups is 2. The summed E-state index contributed by atoms with van der Waals surface area (Å²) in [7, 11) is -9.59. The van der Waals surface area contributed by atoms with Crippen molar-refractivity contribution in [3.05, 3.63) is 111 Å². The summed E-state index contributed by atoms with van der Waals surface area (Å²) in [5.74, 6) is -2.35. The molecule has 9 N–H and O–H groups in total. The zero-order valence-electron chi connectivity index (χ0n) is 27.4. The van der Waals surface area contributed by atoms with Crippen LogP contribution in [0.3, 0.4) is 0 Å². The van der Waals surface area contributed by atoms with Crippen LogP contribution in [0.25, 0.3) is 23.3 Å². The second-order valence-electron chi connectivity index (χ2n) is 11.4. The molecule has 4 aromatic rings. The van der Waals surface area contributed by atoms with Crippen molar-refractivity contribution in [3.8, 4) is 11.1 Å². The molecule has 53 heavy (non-hydrogen) atoms. The maximum atomic E-state index is 13.2. The summed E-state index contributed by atoms with van der Waals surface area (Å²) in [5, 5.41) is 15.5. The third kappa shape index (κ3) is 8.58. The average molecular weight is 944 g/mol. The topological polar surface area (TPSA) is 281 Å². The number of benzene rings is 4. The van der Waals surface area contributed by atoms with Crippen LogP contribution in [0.4, 0.5) is 22.7 Å². The minimum absolute atomic E-state index is 0.0265. The van der Waals surface area contributed by atoms with E-state index in [2.05, 4.69) is 21.1 Å². The van der Waals surface area contributed by atoms with Crippen LogP contribution >= 0.6 is 0 Å². The predicted octanol–water partition coefficient (Wildman–Crippen LogP) is 3.57. The molecule has 6 rings (SSSR count). The molecule has 267 valence electrons. The molecule has 0 atom stereocenters. The molecule has 2 aliphatic carbocycles. The third-order valence-electron chi connectivity index (χ3n) is 7.65. The Morgan fingerprint density at radius 3 is 1.57 bits per heavy atom. The Bertz CT molecular complexity index is 2560. The van der Waals surface area contributed by atoms with E-state index in [1.807, 2.05) is 6.07 Å². The molecule has 4 aromatic carbocycles. The van der Waals surface area contributed by atoms with Crippen LogP contribution in [0.1, 0.15) is 38.8 Å². The first-order chi connectivity index (χ1) is 24.9. The molecule has 0 heterocycles. The number of nitrogen functional groups attached to an aromatic ring is 2. The Balaban J connectivity index is 0.00000129. The fourth-order valence-electron chi connectivity index (χ4n) is 5.28. The van der Waals surface area contributed by atoms with E-state index in [0.717, 1.165) is 33.3 Å². The van der Waals surface area contributed by atoms with Gasteiger partial charge in [0.2, 0.25) is 0 Å². The molecule has 0 amide bonds. The molecule has 0 unspecified atom stereocenters. The number of anilines is 4. The first-order valence-electron chi connectivity index (χ1n) is 15.1. The number of ketones is 2. The summed E-state index contributed by atoms with van der Waals surface area (Å²) in [4.78, 5) is 34.1. The van der Waals surface area contributed by atoms with Gasteiger partial charge in [0.25, 0.3) is 5.97 Å². The van der Waals surface area contributed by atoms with Crippen LogP contribution in [0.5, 0.6) is 0 Å². The number of carbonyl (C=O) groups excluding carboxylic acids is 2. The molecule has 0 fully saturated rings. The summed E-state index contributed by atoms with van der Waals surface area (Å²) >= 11 is 0.0265. The Labute approximate surface area is 318 Å². The van der Waals surface area contributed by atoms with E-state index in [1.165, 1.54) is 24.3 Å². The number of nitrogens with one attached hydrogen (secondary N) is 2. The molecule has 0 saturated heterocycles. The Morgan fingerprint density at radius 2 is 1.13 bits per heavy atom. The monoisotopic (exact) mass is 945 g/mol. The minimum Gasteiger partial charge on any atom is -0.282 e. The zero-order valence-corrected chi connectivity index (χ0v) is 34.6. The van der Waals surface area contributed by atoms with Crippen molar-refractivity contribution < 1.29 is 71.6 Å². The van der Waals surface area contributed by atoms with Gasteiger partial charge < -0.3 is 10.8 Å². The van der Waals surface area contributed by atoms with Crippen molar-refractivity contribution in [2.75, 3.05) is 22.3 Å². The quantitative estimate of drug-likeness (QED) is 0.0604. The molecular weight excluding hydrogens is 917 g/mol. The first-order valence-corrected chi connectivity index (χ1v) is 20.7. The Morgan fingerprint density at radius 1 is 0.698 bits per heavy atom. The number of nitrogens with zero attached hydrogens (tertiary/aromatic N) is 2. The van der Waals surface area contributed by atoms with Crippen LogP contribution in [-0.2, 0) is 51.2 Å². The van der Waals surface area contributed by atoms with Gasteiger partial charge in [-0.05, 0) is 11.6 Å². The molecule has 16 nitrogen and oxygen atoms in total. The number of hydrogen-bond acceptors (Lipinski definition) is 13. The number of Topliss-reactive ketones (excluding diaryl/α,β-unsaturated/α-hetero) is 2. The van der Waals surface area contributed by atoms with Gasteiger partial charge in [0, 0.05) is 12.6 Å². The molecule has 2 aliphatic rings. The molecule has 0 saturated carbocycles. The number of carbonyl (C=O) groups is 3. The number of rotatable bonds is 7. The van der Waals surface area contributed by atoms with Gasteiger partial charge in [0.1, 0.15) is 0 Å². The van der Waals surface area contributed by atoms with Gasteiger partial charge in [-0.15, -0.1) is 0 Å². The number of aliphatic carboxylic acids is 1. The molecule has 0 spiro atoms. The molecular formula is C34H27HgN6O10S2. The van der Waals surface area contributed by atoms with Crippen LogP contribution in [0, 0.1) is 0 Å². The van der Waals surface area contributed by atoms with Crippen molar-refractivity contribution in [1.29, 1.82) is 0 Å². The van der Waals surface area contributed by atoms with Crippen molar-refractivity contribution in [2.45, 2.75) is 6.92 Å². The SMILES string of the molecule is CC(=O)O.Nc1cccc2c1C(=O)C(=NNc1ccc(-c3ccc(NN=C4C(=O)c5c(N)cccc5C=C4S(=O)(=O)O)[c]([Hg])c3)cc1)C(S(=O)(=O)O)=C2. The molecule has 0 aromatic heterocycles. The summed E-state index contributed by atoms with van der Waals surface area (Å²) in [6.45, 7) is 1.08. The number of hydrogen-bond donors (Lipinski definition) is 7. The van der Waals surface area contributed by atoms with E-state index in [-0.39, 0.29) is 59.8 Å². The normalized spacial score (nSPS) is 15.4. The molecule has 19 heteroatoms. The first kappa shape index (κ1) is 38.7. The van der Waals surface area contributed by atoms with E-state index < -0.39 is 59.0 Å². The van der Waals surface area contributed by atoms with Crippen molar-refractivity contribution in [2.24, 2.45) is 10.2 Å². The molecule has 0 radical (unpaired) electrons. The number of carboxylic acids is 1. The minimum atomic E-state index is -4.80. The molecule has 0 aliphatic heterocycles. The van der Waals surface area contributed by atoms with Crippen molar-refractivity contribution in [1.82, 2.24) is 0 Å². The smallest absolute Gasteiger partial charge is 0.282 e. The Kier molecular flexibility index (Phi) is 11.1. The predicted molar refractivity (Wildman–Crippen MR) is 196 cm³/mol. The van der Waals surface area contributed by atoms with Gasteiger partial charge in [-0.2, -0.15) is 8.42 Å².